The van der Waals surface area contributed by atoms with Gasteiger partial charge in [-0.3, -0.25) is 4.99 Å². The van der Waals surface area contributed by atoms with Crippen LogP contribution in [0.25, 0.3) is 6.08 Å². The Labute approximate surface area is 100 Å². The van der Waals surface area contributed by atoms with Crippen LogP contribution < -0.4 is 5.73 Å². The smallest absolute Gasteiger partial charge is 0.164 e. The second kappa shape index (κ2) is 6.95. The van der Waals surface area contributed by atoms with Crippen LogP contribution in [0.3, 0.4) is 0 Å². The second-order valence-electron chi connectivity index (χ2n) is 3.30. The molecule has 0 aromatic heterocycles. The Morgan fingerprint density at radius 2 is 1.88 bits per heavy atom. The van der Waals surface area contributed by atoms with Gasteiger partial charge < -0.3 is 5.73 Å². The number of nitrogens with two attached hydrogens (primary N) is 1. The van der Waals surface area contributed by atoms with Gasteiger partial charge >= 0.3 is 0 Å². The van der Waals surface area contributed by atoms with Gasteiger partial charge in [0.15, 0.2) is 6.04 Å². The fraction of sp³-hybridized carbons (Fsp3) is 0.154. The molecule has 0 aliphatic rings. The number of aliphatic imine (C=N–C) groups is 1. The third-order valence-electron chi connectivity index (χ3n) is 2.04. The van der Waals surface area contributed by atoms with Gasteiger partial charge in [0.1, 0.15) is 6.04 Å². The zero-order chi connectivity index (χ0) is 12.5. The summed E-state index contributed by atoms with van der Waals surface area (Å²) in [4.78, 5) is 3.91. The molecule has 17 heavy (non-hydrogen) atoms. The van der Waals surface area contributed by atoms with E-state index in [1.807, 2.05) is 42.5 Å². The van der Waals surface area contributed by atoms with E-state index in [-0.39, 0.29) is 0 Å². The first-order valence-corrected chi connectivity index (χ1v) is 5.07. The van der Waals surface area contributed by atoms with Gasteiger partial charge in [-0.25, -0.2) is 0 Å². The van der Waals surface area contributed by atoms with Gasteiger partial charge in [-0.1, -0.05) is 36.4 Å². The van der Waals surface area contributed by atoms with Gasteiger partial charge in [-0.05, 0) is 11.6 Å². The molecule has 1 aromatic carbocycles. The minimum atomic E-state index is -0.888. The third kappa shape index (κ3) is 4.29. The fourth-order valence-corrected chi connectivity index (χ4v) is 1.14. The van der Waals surface area contributed by atoms with Gasteiger partial charge in [-0.2, -0.15) is 10.5 Å². The highest BCUT2D eigenvalue weighted by atomic mass is 14.8. The first-order chi connectivity index (χ1) is 8.27. The summed E-state index contributed by atoms with van der Waals surface area (Å²) in [7, 11) is 0. The zero-order valence-corrected chi connectivity index (χ0v) is 9.19. The highest BCUT2D eigenvalue weighted by Crippen LogP contribution is 2.00. The predicted octanol–water partition coefficient (Wildman–Crippen LogP) is 1.51. The van der Waals surface area contributed by atoms with Crippen LogP contribution in [-0.4, -0.2) is 18.3 Å². The van der Waals surface area contributed by atoms with E-state index in [0.717, 1.165) is 5.56 Å². The Morgan fingerprint density at radius 1 is 1.18 bits per heavy atom. The fourth-order valence-electron chi connectivity index (χ4n) is 1.14. The van der Waals surface area contributed by atoms with Crippen LogP contribution in [0.1, 0.15) is 5.56 Å². The summed E-state index contributed by atoms with van der Waals surface area (Å²) < 4.78 is 0. The summed E-state index contributed by atoms with van der Waals surface area (Å²) in [5.41, 5.74) is 6.44. The number of benzene rings is 1. The third-order valence-corrected chi connectivity index (χ3v) is 2.04. The minimum Gasteiger partial charge on any atom is -0.313 e. The molecule has 4 heteroatoms. The Morgan fingerprint density at radius 3 is 2.47 bits per heavy atom. The molecule has 2 N–H and O–H groups in total. The molecule has 2 atom stereocenters. The maximum Gasteiger partial charge on any atom is 0.164 e. The number of rotatable bonds is 4. The van der Waals surface area contributed by atoms with Crippen molar-refractivity contribution >= 4 is 12.3 Å². The number of nitrogens with zero attached hydrogens (tertiary/aromatic N) is 3. The number of hydrogen-bond acceptors (Lipinski definition) is 4. The molecule has 84 valence electrons. The van der Waals surface area contributed by atoms with Gasteiger partial charge in [0, 0.05) is 6.21 Å². The average Bonchev–Trinajstić information content (AvgIpc) is 2.39. The van der Waals surface area contributed by atoms with E-state index in [0.29, 0.717) is 0 Å². The molecular formula is C13H12N4. The van der Waals surface area contributed by atoms with Crippen LogP contribution in [0, 0.1) is 22.7 Å². The SMILES string of the molecule is N#CC(N)C(C#N)N=C/C=C/c1ccccc1. The zero-order valence-electron chi connectivity index (χ0n) is 9.19. The Kier molecular flexibility index (Phi) is 5.16. The molecule has 4 nitrogen and oxygen atoms in total. The molecule has 1 rings (SSSR count). The van der Waals surface area contributed by atoms with E-state index in [4.69, 9.17) is 16.3 Å². The maximum atomic E-state index is 8.72. The van der Waals surface area contributed by atoms with Crippen molar-refractivity contribution in [1.29, 1.82) is 10.5 Å². The van der Waals surface area contributed by atoms with Gasteiger partial charge in [0.05, 0.1) is 12.1 Å². The van der Waals surface area contributed by atoms with Gasteiger partial charge in [0.25, 0.3) is 0 Å². The van der Waals surface area contributed by atoms with E-state index in [9.17, 15) is 0 Å². The summed E-state index contributed by atoms with van der Waals surface area (Å²) in [6.45, 7) is 0. The van der Waals surface area contributed by atoms with Crippen molar-refractivity contribution in [3.05, 3.63) is 42.0 Å². The highest BCUT2D eigenvalue weighted by Gasteiger charge is 2.13. The van der Waals surface area contributed by atoms with Crippen molar-refractivity contribution in [3.8, 4) is 12.1 Å². The summed E-state index contributed by atoms with van der Waals surface area (Å²) in [5, 5.41) is 17.3. The molecule has 0 radical (unpaired) electrons. The van der Waals surface area contributed by atoms with E-state index >= 15 is 0 Å². The molecule has 0 saturated carbocycles. The van der Waals surface area contributed by atoms with Gasteiger partial charge in [-0.15, -0.1) is 0 Å². The largest absolute Gasteiger partial charge is 0.313 e. The molecule has 2 unspecified atom stereocenters. The van der Waals surface area contributed by atoms with Crippen molar-refractivity contribution < 1.29 is 0 Å². The summed E-state index contributed by atoms with van der Waals surface area (Å²) >= 11 is 0. The van der Waals surface area contributed by atoms with E-state index in [1.54, 1.807) is 12.1 Å². The lowest BCUT2D eigenvalue weighted by molar-refractivity contribution is 0.732. The van der Waals surface area contributed by atoms with Crippen LogP contribution >= 0.6 is 0 Å². The minimum absolute atomic E-state index is 0.819. The molecule has 1 aromatic rings. The van der Waals surface area contributed by atoms with Crippen LogP contribution in [0.15, 0.2) is 41.4 Å². The molecular weight excluding hydrogens is 212 g/mol. The predicted molar refractivity (Wildman–Crippen MR) is 67.0 cm³/mol. The number of allylic oxidation sites excluding steroid dienone is 1. The molecule has 0 bridgehead atoms. The number of hydrogen-bond donors (Lipinski definition) is 1. The van der Waals surface area contributed by atoms with Crippen molar-refractivity contribution in [3.63, 3.8) is 0 Å². The lowest BCUT2D eigenvalue weighted by Gasteiger charge is -2.02. The Balaban J connectivity index is 2.59. The van der Waals surface area contributed by atoms with Crippen LogP contribution in [0.2, 0.25) is 0 Å². The first kappa shape index (κ1) is 12.6. The molecule has 0 amide bonds. The van der Waals surface area contributed by atoms with E-state index < -0.39 is 12.1 Å². The number of nitriles is 2. The molecule has 0 spiro atoms. The average molecular weight is 224 g/mol. The van der Waals surface area contributed by atoms with Crippen molar-refractivity contribution in [1.82, 2.24) is 0 Å². The van der Waals surface area contributed by atoms with Crippen molar-refractivity contribution in [2.45, 2.75) is 12.1 Å². The Bertz CT molecular complexity index is 476. The monoisotopic (exact) mass is 224 g/mol. The van der Waals surface area contributed by atoms with Crippen molar-refractivity contribution in [2.75, 3.05) is 0 Å². The first-order valence-electron chi connectivity index (χ1n) is 5.07. The van der Waals surface area contributed by atoms with Gasteiger partial charge in [0.2, 0.25) is 0 Å². The second-order valence-corrected chi connectivity index (χ2v) is 3.30. The standard InChI is InChI=1S/C13H12N4/c14-9-12(16)13(10-15)17-8-4-7-11-5-2-1-3-6-11/h1-8,12-13H,16H2/b7-4+,17-8?. The van der Waals surface area contributed by atoms with Crippen LogP contribution in [0.4, 0.5) is 0 Å². The van der Waals surface area contributed by atoms with Crippen LogP contribution in [-0.2, 0) is 0 Å². The van der Waals surface area contributed by atoms with E-state index in [2.05, 4.69) is 4.99 Å². The molecule has 0 fully saturated rings. The quantitative estimate of drug-likeness (QED) is 0.786. The molecule has 0 aliphatic heterocycles. The van der Waals surface area contributed by atoms with Crippen LogP contribution in [0.5, 0.6) is 0 Å². The molecule has 0 heterocycles. The summed E-state index contributed by atoms with van der Waals surface area (Å²) in [6.07, 6.45) is 5.05. The molecule has 0 aliphatic carbocycles. The lowest BCUT2D eigenvalue weighted by Crippen LogP contribution is -2.30. The summed E-state index contributed by atoms with van der Waals surface area (Å²) in [6, 6.07) is 11.7. The maximum absolute atomic E-state index is 8.72. The lowest BCUT2D eigenvalue weighted by atomic mass is 10.2. The highest BCUT2D eigenvalue weighted by molar-refractivity contribution is 5.78. The topological polar surface area (TPSA) is 86.0 Å². The summed E-state index contributed by atoms with van der Waals surface area (Å²) in [5.74, 6) is 0. The normalized spacial score (nSPS) is 14.3. The molecule has 0 saturated heterocycles. The van der Waals surface area contributed by atoms with Crippen molar-refractivity contribution in [2.24, 2.45) is 10.7 Å². The Hall–Kier alpha value is -2.43. The van der Waals surface area contributed by atoms with E-state index in [1.165, 1.54) is 6.21 Å².